The number of hydrogen-bond donors (Lipinski definition) is 1. The van der Waals surface area contributed by atoms with Gasteiger partial charge in [0.1, 0.15) is 5.75 Å². The van der Waals surface area contributed by atoms with Crippen molar-refractivity contribution in [3.8, 4) is 5.75 Å². The molecule has 0 unspecified atom stereocenters. The van der Waals surface area contributed by atoms with Crippen LogP contribution >= 0.6 is 0 Å². The van der Waals surface area contributed by atoms with Crippen molar-refractivity contribution in [2.75, 3.05) is 7.11 Å². The van der Waals surface area contributed by atoms with Crippen molar-refractivity contribution >= 4 is 11.9 Å². The molecule has 5 nitrogen and oxygen atoms in total. The molecule has 1 aromatic carbocycles. The lowest BCUT2D eigenvalue weighted by Gasteiger charge is -2.10. The molecule has 1 rings (SSSR count). The molecule has 98 valence electrons. The van der Waals surface area contributed by atoms with Gasteiger partial charge in [0.25, 0.3) is 5.91 Å². The van der Waals surface area contributed by atoms with Crippen LogP contribution in [0.1, 0.15) is 18.9 Å². The maximum absolute atomic E-state index is 11.5. The van der Waals surface area contributed by atoms with Crippen molar-refractivity contribution in [2.45, 2.75) is 25.9 Å². The van der Waals surface area contributed by atoms with Gasteiger partial charge in [0.05, 0.1) is 7.11 Å². The molecule has 0 saturated carbocycles. The van der Waals surface area contributed by atoms with E-state index in [1.165, 1.54) is 6.92 Å². The molecule has 1 atom stereocenters. The summed E-state index contributed by atoms with van der Waals surface area (Å²) in [5, 5.41) is 0. The fourth-order valence-corrected chi connectivity index (χ4v) is 1.46. The minimum absolute atomic E-state index is 0.179. The normalized spacial score (nSPS) is 11.7. The van der Waals surface area contributed by atoms with Gasteiger partial charge in [-0.05, 0) is 25.0 Å². The highest BCUT2D eigenvalue weighted by molar-refractivity contribution is 5.81. The van der Waals surface area contributed by atoms with E-state index in [4.69, 9.17) is 15.2 Å². The van der Waals surface area contributed by atoms with E-state index < -0.39 is 18.0 Å². The van der Waals surface area contributed by atoms with E-state index >= 15 is 0 Å². The number of benzene rings is 1. The first-order valence-corrected chi connectivity index (χ1v) is 5.65. The number of para-hydroxylation sites is 1. The summed E-state index contributed by atoms with van der Waals surface area (Å²) in [6, 6.07) is 7.43. The van der Waals surface area contributed by atoms with Crippen LogP contribution in [0.25, 0.3) is 0 Å². The summed E-state index contributed by atoms with van der Waals surface area (Å²) in [6.07, 6.45) is -0.220. The van der Waals surface area contributed by atoms with E-state index in [2.05, 4.69) is 0 Å². The van der Waals surface area contributed by atoms with Gasteiger partial charge in [0.2, 0.25) is 0 Å². The Balaban J connectivity index is 2.50. The number of carbonyl (C=O) groups is 2. The van der Waals surface area contributed by atoms with Crippen molar-refractivity contribution in [2.24, 2.45) is 5.73 Å². The Morgan fingerprint density at radius 2 is 2.00 bits per heavy atom. The summed E-state index contributed by atoms with van der Waals surface area (Å²) in [5.74, 6) is -0.374. The summed E-state index contributed by atoms with van der Waals surface area (Å²) in [5.41, 5.74) is 5.92. The van der Waals surface area contributed by atoms with Gasteiger partial charge in [-0.25, -0.2) is 0 Å². The van der Waals surface area contributed by atoms with Crippen LogP contribution in [0, 0.1) is 0 Å². The van der Waals surface area contributed by atoms with Gasteiger partial charge in [0.15, 0.2) is 6.10 Å². The van der Waals surface area contributed by atoms with Gasteiger partial charge in [-0.2, -0.15) is 0 Å². The van der Waals surface area contributed by atoms with Crippen LogP contribution in [-0.4, -0.2) is 25.1 Å². The van der Waals surface area contributed by atoms with Crippen LogP contribution in [0.4, 0.5) is 0 Å². The third kappa shape index (κ3) is 4.08. The molecule has 1 aromatic rings. The van der Waals surface area contributed by atoms with Crippen LogP contribution in [-0.2, 0) is 20.7 Å². The number of rotatable bonds is 6. The number of amides is 1. The van der Waals surface area contributed by atoms with E-state index in [-0.39, 0.29) is 6.42 Å². The number of carbonyl (C=O) groups excluding carboxylic acids is 2. The number of nitrogens with two attached hydrogens (primary N) is 1. The lowest BCUT2D eigenvalue weighted by atomic mass is 10.1. The molecular weight excluding hydrogens is 234 g/mol. The van der Waals surface area contributed by atoms with Gasteiger partial charge in [-0.3, -0.25) is 9.59 Å². The van der Waals surface area contributed by atoms with Crippen molar-refractivity contribution in [3.63, 3.8) is 0 Å². The number of methoxy groups -OCH3 is 1. The summed E-state index contributed by atoms with van der Waals surface area (Å²) in [7, 11) is 1.58. The third-order valence-corrected chi connectivity index (χ3v) is 2.50. The predicted molar refractivity (Wildman–Crippen MR) is 66.1 cm³/mol. The smallest absolute Gasteiger partial charge is 0.306 e. The Morgan fingerprint density at radius 3 is 2.61 bits per heavy atom. The highest BCUT2D eigenvalue weighted by Gasteiger charge is 2.14. The lowest BCUT2D eigenvalue weighted by Crippen LogP contribution is -2.30. The molecular formula is C13H17NO4. The quantitative estimate of drug-likeness (QED) is 0.766. The molecule has 1 amide bonds. The van der Waals surface area contributed by atoms with Crippen molar-refractivity contribution < 1.29 is 19.1 Å². The van der Waals surface area contributed by atoms with Gasteiger partial charge < -0.3 is 15.2 Å². The predicted octanol–water partition coefficient (Wildman–Crippen LogP) is 1.04. The molecule has 0 aromatic heterocycles. The second-order valence-electron chi connectivity index (χ2n) is 3.85. The maximum Gasteiger partial charge on any atom is 0.306 e. The summed E-state index contributed by atoms with van der Waals surface area (Å²) >= 11 is 0. The molecule has 2 N–H and O–H groups in total. The fourth-order valence-electron chi connectivity index (χ4n) is 1.46. The topological polar surface area (TPSA) is 78.6 Å². The van der Waals surface area contributed by atoms with Crippen LogP contribution in [0.2, 0.25) is 0 Å². The molecule has 0 bridgehead atoms. The number of esters is 1. The SMILES string of the molecule is COc1ccccc1CCC(=O)O[C@@H](C)C(N)=O. The summed E-state index contributed by atoms with van der Waals surface area (Å²) in [4.78, 5) is 22.2. The monoisotopic (exact) mass is 251 g/mol. The summed E-state index contributed by atoms with van der Waals surface area (Å²) in [6.45, 7) is 1.45. The van der Waals surface area contributed by atoms with Gasteiger partial charge >= 0.3 is 5.97 Å². The minimum atomic E-state index is -0.893. The van der Waals surface area contributed by atoms with Crippen molar-refractivity contribution in [1.29, 1.82) is 0 Å². The van der Waals surface area contributed by atoms with Gasteiger partial charge in [-0.1, -0.05) is 18.2 Å². The largest absolute Gasteiger partial charge is 0.496 e. The standard InChI is InChI=1S/C13H17NO4/c1-9(13(14)16)18-12(15)8-7-10-5-3-4-6-11(10)17-2/h3-6,9H,7-8H2,1-2H3,(H2,14,16)/t9-/m0/s1. The van der Waals surface area contributed by atoms with E-state index in [0.717, 1.165) is 11.3 Å². The number of primary amides is 1. The van der Waals surface area contributed by atoms with Crippen LogP contribution in [0.5, 0.6) is 5.75 Å². The van der Waals surface area contributed by atoms with Crippen molar-refractivity contribution in [3.05, 3.63) is 29.8 Å². The maximum atomic E-state index is 11.5. The highest BCUT2D eigenvalue weighted by atomic mass is 16.5. The van der Waals surface area contributed by atoms with Gasteiger partial charge in [-0.15, -0.1) is 0 Å². The average Bonchev–Trinajstić information content (AvgIpc) is 2.36. The fraction of sp³-hybridized carbons (Fsp3) is 0.385. The number of ether oxygens (including phenoxy) is 2. The Labute approximate surface area is 106 Å². The first-order chi connectivity index (χ1) is 8.54. The number of hydrogen-bond acceptors (Lipinski definition) is 4. The molecule has 0 saturated heterocycles. The Hall–Kier alpha value is -2.04. The second-order valence-corrected chi connectivity index (χ2v) is 3.85. The third-order valence-electron chi connectivity index (χ3n) is 2.50. The first kappa shape index (κ1) is 14.0. The van der Waals surface area contributed by atoms with Gasteiger partial charge in [0, 0.05) is 6.42 Å². The minimum Gasteiger partial charge on any atom is -0.496 e. The van der Waals surface area contributed by atoms with Crippen LogP contribution in [0.15, 0.2) is 24.3 Å². The zero-order valence-corrected chi connectivity index (χ0v) is 10.5. The number of aryl methyl sites for hydroxylation is 1. The van der Waals surface area contributed by atoms with Crippen LogP contribution < -0.4 is 10.5 Å². The van der Waals surface area contributed by atoms with E-state index in [9.17, 15) is 9.59 Å². The molecule has 0 heterocycles. The highest BCUT2D eigenvalue weighted by Crippen LogP contribution is 2.18. The summed E-state index contributed by atoms with van der Waals surface area (Å²) < 4.78 is 10.0. The zero-order chi connectivity index (χ0) is 13.5. The second kappa shape index (κ2) is 6.64. The Morgan fingerprint density at radius 1 is 1.33 bits per heavy atom. The molecule has 0 aliphatic carbocycles. The average molecular weight is 251 g/mol. The van der Waals surface area contributed by atoms with Crippen molar-refractivity contribution in [1.82, 2.24) is 0 Å². The lowest BCUT2D eigenvalue weighted by molar-refractivity contribution is -0.153. The Kier molecular flexibility index (Phi) is 5.17. The molecule has 5 heteroatoms. The first-order valence-electron chi connectivity index (χ1n) is 5.65. The van der Waals surface area contributed by atoms with E-state index in [1.54, 1.807) is 7.11 Å². The molecule has 0 radical (unpaired) electrons. The van der Waals surface area contributed by atoms with Crippen LogP contribution in [0.3, 0.4) is 0 Å². The van der Waals surface area contributed by atoms with E-state index in [1.807, 2.05) is 24.3 Å². The molecule has 0 spiro atoms. The zero-order valence-electron chi connectivity index (χ0n) is 10.5. The Bertz CT molecular complexity index is 431. The molecule has 18 heavy (non-hydrogen) atoms. The molecule has 0 aliphatic rings. The van der Waals surface area contributed by atoms with E-state index in [0.29, 0.717) is 6.42 Å². The molecule has 0 aliphatic heterocycles. The molecule has 0 fully saturated rings.